The van der Waals surface area contributed by atoms with Crippen LogP contribution >= 0.6 is 11.5 Å². The van der Waals surface area contributed by atoms with Gasteiger partial charge in [-0.25, -0.2) is 4.79 Å². The smallest absolute Gasteiger partial charge is 0.339 e. The van der Waals surface area contributed by atoms with Crippen LogP contribution in [0, 0.1) is 0 Å². The third kappa shape index (κ3) is 3.08. The Balaban J connectivity index is 2.38. The lowest BCUT2D eigenvalue weighted by atomic mass is 9.93. The Morgan fingerprint density at radius 2 is 2.16 bits per heavy atom. The minimum Gasteiger partial charge on any atom is -0.478 e. The number of rotatable bonds is 3. The summed E-state index contributed by atoms with van der Waals surface area (Å²) in [7, 11) is 0. The third-order valence-corrected chi connectivity index (χ3v) is 3.04. The van der Waals surface area contributed by atoms with E-state index in [2.05, 4.69) is 9.59 Å². The minimum absolute atomic E-state index is 0.157. The highest BCUT2D eigenvalue weighted by Crippen LogP contribution is 2.28. The fourth-order valence-electron chi connectivity index (χ4n) is 1.47. The zero-order valence-corrected chi connectivity index (χ0v) is 11.7. The maximum Gasteiger partial charge on any atom is 0.339 e. The largest absolute Gasteiger partial charge is 0.478 e. The van der Waals surface area contributed by atoms with Crippen LogP contribution in [-0.4, -0.2) is 20.7 Å². The van der Waals surface area contributed by atoms with Crippen molar-refractivity contribution in [3.05, 3.63) is 34.2 Å². The average Bonchev–Trinajstić information content (AvgIpc) is 2.94. The maximum atomic E-state index is 11.2. The van der Waals surface area contributed by atoms with Crippen LogP contribution in [0.4, 0.5) is 0 Å². The molecule has 2 aromatic heterocycles. The van der Waals surface area contributed by atoms with Gasteiger partial charge in [0.2, 0.25) is 0 Å². The molecular weight excluding hydrogens is 264 g/mol. The molecule has 0 saturated heterocycles. The molecule has 0 aliphatic rings. The molecule has 0 radical (unpaired) electrons. The van der Waals surface area contributed by atoms with E-state index in [1.54, 1.807) is 23.6 Å². The van der Waals surface area contributed by atoms with E-state index in [4.69, 9.17) is 4.42 Å². The zero-order valence-electron chi connectivity index (χ0n) is 10.9. The van der Waals surface area contributed by atoms with Crippen LogP contribution in [0.2, 0.25) is 0 Å². The van der Waals surface area contributed by atoms with Gasteiger partial charge in [0, 0.05) is 10.8 Å². The van der Waals surface area contributed by atoms with Crippen molar-refractivity contribution >= 4 is 29.7 Å². The normalized spacial score (nSPS) is 12.2. The van der Waals surface area contributed by atoms with E-state index < -0.39 is 5.97 Å². The third-order valence-electron chi connectivity index (χ3n) is 2.51. The van der Waals surface area contributed by atoms with Gasteiger partial charge in [-0.2, -0.15) is 0 Å². The lowest BCUT2D eigenvalue weighted by molar-refractivity contribution is 0.0696. The lowest BCUT2D eigenvalue weighted by Crippen LogP contribution is -2.09. The second-order valence-electron chi connectivity index (χ2n) is 5.11. The number of aromatic carboxylic acids is 1. The van der Waals surface area contributed by atoms with Crippen molar-refractivity contribution in [2.45, 2.75) is 26.2 Å². The van der Waals surface area contributed by atoms with E-state index in [0.717, 1.165) is 0 Å². The van der Waals surface area contributed by atoms with Crippen LogP contribution in [0.1, 0.15) is 48.3 Å². The molecule has 2 heterocycles. The second kappa shape index (κ2) is 4.97. The summed E-state index contributed by atoms with van der Waals surface area (Å²) in [6.45, 7) is 5.90. The Bertz CT molecular complexity index is 606. The second-order valence-corrected chi connectivity index (χ2v) is 5.72. The molecule has 100 valence electrons. The number of hydrogen-bond donors (Lipinski definition) is 1. The van der Waals surface area contributed by atoms with Gasteiger partial charge in [-0.15, -0.1) is 5.10 Å². The highest BCUT2D eigenvalue weighted by Gasteiger charge is 2.23. The molecule has 0 unspecified atom stereocenters. The molecule has 0 saturated carbocycles. The van der Waals surface area contributed by atoms with Crippen LogP contribution < -0.4 is 0 Å². The van der Waals surface area contributed by atoms with Crippen molar-refractivity contribution < 1.29 is 14.3 Å². The first-order valence-electron chi connectivity index (χ1n) is 5.70. The summed E-state index contributed by atoms with van der Waals surface area (Å²) in [6, 6.07) is 1.57. The summed E-state index contributed by atoms with van der Waals surface area (Å²) in [5, 5.41) is 14.8. The number of carboxylic acid groups (broad SMARTS) is 1. The van der Waals surface area contributed by atoms with Gasteiger partial charge in [-0.1, -0.05) is 25.3 Å². The first kappa shape index (κ1) is 13.5. The molecule has 1 N–H and O–H groups in total. The fraction of sp³-hybridized carbons (Fsp3) is 0.308. The van der Waals surface area contributed by atoms with Crippen LogP contribution in [-0.2, 0) is 5.41 Å². The van der Waals surface area contributed by atoms with Gasteiger partial charge in [0.25, 0.3) is 0 Å². The first-order valence-corrected chi connectivity index (χ1v) is 6.54. The minimum atomic E-state index is -1.00. The molecule has 0 spiro atoms. The van der Waals surface area contributed by atoms with Crippen LogP contribution in [0.3, 0.4) is 0 Å². The standard InChI is InChI=1S/C13H14N2O3S/c1-13(2,3)11-6-9(12(16)17)10(18-11)5-4-8-7-19-15-14-8/h4-7H,1-3H3,(H,16,17)/b5-4+. The molecule has 5 nitrogen and oxygen atoms in total. The molecule has 0 aliphatic heterocycles. The lowest BCUT2D eigenvalue weighted by Gasteiger charge is -2.13. The van der Waals surface area contributed by atoms with Gasteiger partial charge < -0.3 is 9.52 Å². The Kier molecular flexibility index (Phi) is 3.53. The van der Waals surface area contributed by atoms with Gasteiger partial charge in [0.1, 0.15) is 17.1 Å². The van der Waals surface area contributed by atoms with Crippen molar-refractivity contribution in [3.8, 4) is 0 Å². The van der Waals surface area contributed by atoms with E-state index >= 15 is 0 Å². The molecular formula is C13H14N2O3S. The van der Waals surface area contributed by atoms with Gasteiger partial charge >= 0.3 is 5.97 Å². The van der Waals surface area contributed by atoms with E-state index in [-0.39, 0.29) is 11.0 Å². The number of aromatic nitrogens is 2. The number of furan rings is 1. The highest BCUT2D eigenvalue weighted by atomic mass is 32.1. The summed E-state index contributed by atoms with van der Waals surface area (Å²) >= 11 is 1.24. The summed E-state index contributed by atoms with van der Waals surface area (Å²) in [5.41, 5.74) is 0.595. The molecule has 19 heavy (non-hydrogen) atoms. The highest BCUT2D eigenvalue weighted by molar-refractivity contribution is 7.03. The van der Waals surface area contributed by atoms with Crippen molar-refractivity contribution in [2.24, 2.45) is 0 Å². The first-order chi connectivity index (χ1) is 8.88. The van der Waals surface area contributed by atoms with Crippen molar-refractivity contribution in [3.63, 3.8) is 0 Å². The van der Waals surface area contributed by atoms with Gasteiger partial charge in [0.05, 0.1) is 5.69 Å². The number of nitrogens with zero attached hydrogens (tertiary/aromatic N) is 2. The van der Waals surface area contributed by atoms with E-state index in [9.17, 15) is 9.90 Å². The number of carbonyl (C=O) groups is 1. The molecule has 0 aromatic carbocycles. The molecule has 2 rings (SSSR count). The Labute approximate surface area is 114 Å². The molecule has 0 bridgehead atoms. The zero-order chi connectivity index (χ0) is 14.0. The number of hydrogen-bond acceptors (Lipinski definition) is 5. The molecule has 6 heteroatoms. The Morgan fingerprint density at radius 1 is 1.42 bits per heavy atom. The quantitative estimate of drug-likeness (QED) is 0.932. The molecule has 0 amide bonds. The van der Waals surface area contributed by atoms with Crippen LogP contribution in [0.5, 0.6) is 0 Å². The molecule has 2 aromatic rings. The molecule has 0 atom stereocenters. The molecule has 0 aliphatic carbocycles. The summed E-state index contributed by atoms with van der Waals surface area (Å²) < 4.78 is 9.36. The average molecular weight is 278 g/mol. The predicted octanol–water partition coefficient (Wildman–Crippen LogP) is 3.30. The van der Waals surface area contributed by atoms with Crippen LogP contribution in [0.25, 0.3) is 12.2 Å². The monoisotopic (exact) mass is 278 g/mol. The summed E-state index contributed by atoms with van der Waals surface area (Å²) in [5.74, 6) is -0.0401. The predicted molar refractivity (Wildman–Crippen MR) is 73.2 cm³/mol. The Morgan fingerprint density at radius 3 is 2.68 bits per heavy atom. The SMILES string of the molecule is CC(C)(C)c1cc(C(=O)O)c(/C=C/c2csnn2)o1. The van der Waals surface area contributed by atoms with Gasteiger partial charge in [0.15, 0.2) is 0 Å². The van der Waals surface area contributed by atoms with Crippen molar-refractivity contribution in [2.75, 3.05) is 0 Å². The number of carboxylic acids is 1. The Hall–Kier alpha value is -1.95. The topological polar surface area (TPSA) is 76.2 Å². The summed E-state index contributed by atoms with van der Waals surface area (Å²) in [4.78, 5) is 11.2. The van der Waals surface area contributed by atoms with Gasteiger partial charge in [-0.05, 0) is 29.8 Å². The van der Waals surface area contributed by atoms with E-state index in [0.29, 0.717) is 17.2 Å². The van der Waals surface area contributed by atoms with E-state index in [1.807, 2.05) is 20.8 Å². The van der Waals surface area contributed by atoms with E-state index in [1.165, 1.54) is 11.5 Å². The van der Waals surface area contributed by atoms with Crippen molar-refractivity contribution in [1.82, 2.24) is 9.59 Å². The fourth-order valence-corrected chi connectivity index (χ4v) is 1.89. The van der Waals surface area contributed by atoms with Crippen LogP contribution in [0.15, 0.2) is 15.9 Å². The van der Waals surface area contributed by atoms with Crippen molar-refractivity contribution in [1.29, 1.82) is 0 Å². The summed E-state index contributed by atoms with van der Waals surface area (Å²) in [6.07, 6.45) is 3.29. The molecule has 0 fully saturated rings. The van der Waals surface area contributed by atoms with Gasteiger partial charge in [-0.3, -0.25) is 0 Å². The maximum absolute atomic E-state index is 11.2.